The zero-order valence-corrected chi connectivity index (χ0v) is 11.7. The maximum Gasteiger partial charge on any atom is 0.404 e. The van der Waals surface area contributed by atoms with Crippen molar-refractivity contribution in [2.75, 3.05) is 23.7 Å². The number of pyridine rings is 1. The summed E-state index contributed by atoms with van der Waals surface area (Å²) >= 11 is 0. The molecule has 0 spiro atoms. The number of hydrogen-bond donors (Lipinski definition) is 2. The number of aromatic nitrogens is 1. The Kier molecular flexibility index (Phi) is 3.51. The third kappa shape index (κ3) is 2.69. The zero-order chi connectivity index (χ0) is 14.8. The first kappa shape index (κ1) is 13.5. The molecule has 4 N–H and O–H groups in total. The minimum absolute atomic E-state index is 0.192. The molecule has 1 aliphatic rings. The van der Waals surface area contributed by atoms with E-state index >= 15 is 0 Å². The van der Waals surface area contributed by atoms with Crippen molar-refractivity contribution >= 4 is 28.4 Å². The summed E-state index contributed by atoms with van der Waals surface area (Å²) in [5.74, 6) is 0. The first-order valence-corrected chi connectivity index (χ1v) is 6.99. The van der Waals surface area contributed by atoms with E-state index in [2.05, 4.69) is 9.88 Å². The minimum Gasteiger partial charge on any atom is -0.445 e. The molecule has 0 radical (unpaired) electrons. The number of amides is 1. The largest absolute Gasteiger partial charge is 0.445 e. The molecule has 0 saturated carbocycles. The van der Waals surface area contributed by atoms with Gasteiger partial charge in [0.05, 0.1) is 29.6 Å². The van der Waals surface area contributed by atoms with Crippen LogP contribution in [-0.2, 0) is 4.74 Å². The number of para-hydroxylation sites is 1. The predicted molar refractivity (Wildman–Crippen MR) is 82.1 cm³/mol. The average molecular weight is 286 g/mol. The van der Waals surface area contributed by atoms with Gasteiger partial charge in [0.25, 0.3) is 0 Å². The predicted octanol–water partition coefficient (Wildman–Crippen LogP) is 1.88. The highest BCUT2D eigenvalue weighted by molar-refractivity contribution is 5.97. The number of nitrogens with two attached hydrogens (primary N) is 2. The van der Waals surface area contributed by atoms with E-state index in [4.69, 9.17) is 16.2 Å². The lowest BCUT2D eigenvalue weighted by Gasteiger charge is -2.34. The van der Waals surface area contributed by atoms with Gasteiger partial charge in [-0.15, -0.1) is 0 Å². The van der Waals surface area contributed by atoms with Crippen LogP contribution in [0.1, 0.15) is 12.8 Å². The molecule has 1 saturated heterocycles. The van der Waals surface area contributed by atoms with Crippen LogP contribution in [-0.4, -0.2) is 30.3 Å². The van der Waals surface area contributed by atoms with E-state index in [0.717, 1.165) is 36.0 Å². The molecule has 1 aliphatic heterocycles. The van der Waals surface area contributed by atoms with Gasteiger partial charge in [-0.3, -0.25) is 4.98 Å². The van der Waals surface area contributed by atoms with Crippen LogP contribution < -0.4 is 16.4 Å². The molecule has 1 amide bonds. The number of ether oxygens (including phenoxy) is 1. The molecule has 3 rings (SSSR count). The number of carbonyl (C=O) groups excluding carboxylic acids is 1. The van der Waals surface area contributed by atoms with Gasteiger partial charge in [0.2, 0.25) is 0 Å². The number of rotatable bonds is 2. The van der Waals surface area contributed by atoms with Crippen molar-refractivity contribution in [3.63, 3.8) is 0 Å². The second kappa shape index (κ2) is 5.47. The van der Waals surface area contributed by atoms with E-state index in [1.54, 1.807) is 6.20 Å². The maximum atomic E-state index is 10.9. The van der Waals surface area contributed by atoms with E-state index in [-0.39, 0.29) is 6.10 Å². The Labute approximate surface area is 122 Å². The lowest BCUT2D eigenvalue weighted by Crippen LogP contribution is -2.41. The Bertz CT molecular complexity index is 674. The number of hydrogen-bond acceptors (Lipinski definition) is 5. The Balaban J connectivity index is 1.96. The first-order valence-electron chi connectivity index (χ1n) is 6.99. The van der Waals surface area contributed by atoms with Crippen molar-refractivity contribution in [1.82, 2.24) is 4.98 Å². The van der Waals surface area contributed by atoms with Crippen LogP contribution in [0.15, 0.2) is 30.5 Å². The summed E-state index contributed by atoms with van der Waals surface area (Å²) in [5.41, 5.74) is 13.7. The molecule has 0 bridgehead atoms. The summed E-state index contributed by atoms with van der Waals surface area (Å²) in [6, 6.07) is 7.88. The van der Waals surface area contributed by atoms with E-state index in [9.17, 15) is 4.79 Å². The molecule has 6 heteroatoms. The molecule has 1 fully saturated rings. The van der Waals surface area contributed by atoms with Gasteiger partial charge in [0.1, 0.15) is 6.10 Å². The quantitative estimate of drug-likeness (QED) is 0.879. The summed E-state index contributed by atoms with van der Waals surface area (Å²) < 4.78 is 5.14. The number of benzene rings is 1. The second-order valence-corrected chi connectivity index (χ2v) is 5.23. The zero-order valence-electron chi connectivity index (χ0n) is 11.7. The highest BCUT2D eigenvalue weighted by Gasteiger charge is 2.25. The Morgan fingerprint density at radius 1 is 1.38 bits per heavy atom. The van der Waals surface area contributed by atoms with Crippen molar-refractivity contribution in [2.24, 2.45) is 5.73 Å². The monoisotopic (exact) mass is 286 g/mol. The number of primary amides is 1. The van der Waals surface area contributed by atoms with Crippen LogP contribution >= 0.6 is 0 Å². The molecule has 2 aromatic rings. The lowest BCUT2D eigenvalue weighted by atomic mass is 10.0. The minimum atomic E-state index is -0.727. The fraction of sp³-hybridized carbons (Fsp3) is 0.333. The average Bonchev–Trinajstić information content (AvgIpc) is 2.46. The van der Waals surface area contributed by atoms with Crippen LogP contribution in [0.3, 0.4) is 0 Å². The molecule has 0 unspecified atom stereocenters. The Morgan fingerprint density at radius 3 is 3.00 bits per heavy atom. The van der Waals surface area contributed by atoms with Crippen molar-refractivity contribution in [3.8, 4) is 0 Å². The number of nitrogens with zero attached hydrogens (tertiary/aromatic N) is 2. The van der Waals surface area contributed by atoms with Crippen LogP contribution in [0.5, 0.6) is 0 Å². The van der Waals surface area contributed by atoms with Crippen LogP contribution in [0.2, 0.25) is 0 Å². The summed E-state index contributed by atoms with van der Waals surface area (Å²) in [6.07, 6.45) is 2.50. The van der Waals surface area contributed by atoms with Gasteiger partial charge >= 0.3 is 6.09 Å². The van der Waals surface area contributed by atoms with Gasteiger partial charge in [-0.2, -0.15) is 0 Å². The van der Waals surface area contributed by atoms with Gasteiger partial charge < -0.3 is 21.1 Å². The maximum absolute atomic E-state index is 10.9. The molecule has 110 valence electrons. The van der Waals surface area contributed by atoms with Crippen molar-refractivity contribution in [3.05, 3.63) is 30.5 Å². The summed E-state index contributed by atoms with van der Waals surface area (Å²) in [7, 11) is 0. The van der Waals surface area contributed by atoms with Crippen LogP contribution in [0.4, 0.5) is 16.2 Å². The van der Waals surface area contributed by atoms with E-state index in [1.165, 1.54) is 0 Å². The number of piperidine rings is 1. The fourth-order valence-electron chi connectivity index (χ4n) is 2.90. The van der Waals surface area contributed by atoms with Crippen molar-refractivity contribution < 1.29 is 9.53 Å². The molecular formula is C15H18N4O2. The van der Waals surface area contributed by atoms with Crippen LogP contribution in [0.25, 0.3) is 10.9 Å². The van der Waals surface area contributed by atoms with Gasteiger partial charge in [-0.05, 0) is 18.9 Å². The fourth-order valence-corrected chi connectivity index (χ4v) is 2.90. The van der Waals surface area contributed by atoms with E-state index < -0.39 is 6.09 Å². The molecular weight excluding hydrogens is 268 g/mol. The van der Waals surface area contributed by atoms with Gasteiger partial charge in [-0.25, -0.2) is 4.79 Å². The molecule has 0 aliphatic carbocycles. The number of carbonyl (C=O) groups is 1. The Morgan fingerprint density at radius 2 is 2.19 bits per heavy atom. The van der Waals surface area contributed by atoms with Gasteiger partial charge in [0, 0.05) is 11.9 Å². The first-order chi connectivity index (χ1) is 10.1. The van der Waals surface area contributed by atoms with Crippen molar-refractivity contribution in [2.45, 2.75) is 18.9 Å². The summed E-state index contributed by atoms with van der Waals surface area (Å²) in [5, 5.41) is 1.01. The lowest BCUT2D eigenvalue weighted by molar-refractivity contribution is 0.0966. The standard InChI is InChI=1S/C15H18N4O2/c16-12-8-18-13-6-2-1-5-11(13)14(12)19-7-3-4-10(9-19)21-15(17)20/h1-2,5-6,8,10H,3-4,7,9,16H2,(H2,17,20)/t10-/m0/s1. The van der Waals surface area contributed by atoms with Gasteiger partial charge in [0.15, 0.2) is 0 Å². The highest BCUT2D eigenvalue weighted by atomic mass is 16.6. The van der Waals surface area contributed by atoms with E-state index in [1.807, 2.05) is 24.3 Å². The second-order valence-electron chi connectivity index (χ2n) is 5.23. The molecule has 6 nitrogen and oxygen atoms in total. The molecule has 1 aromatic carbocycles. The Hall–Kier alpha value is -2.50. The summed E-state index contributed by atoms with van der Waals surface area (Å²) in [4.78, 5) is 17.4. The third-order valence-corrected chi connectivity index (χ3v) is 3.75. The van der Waals surface area contributed by atoms with Crippen LogP contribution in [0, 0.1) is 0 Å². The number of nitrogen functional groups attached to an aromatic ring is 1. The smallest absolute Gasteiger partial charge is 0.404 e. The topological polar surface area (TPSA) is 94.5 Å². The van der Waals surface area contributed by atoms with E-state index in [0.29, 0.717) is 12.2 Å². The van der Waals surface area contributed by atoms with Gasteiger partial charge in [-0.1, -0.05) is 18.2 Å². The normalized spacial score (nSPS) is 18.7. The summed E-state index contributed by atoms with van der Waals surface area (Å²) in [6.45, 7) is 1.47. The highest BCUT2D eigenvalue weighted by Crippen LogP contribution is 2.33. The number of fused-ring (bicyclic) bond motifs is 1. The molecule has 1 aromatic heterocycles. The molecule has 1 atom stereocenters. The molecule has 2 heterocycles. The van der Waals surface area contributed by atoms with Crippen molar-refractivity contribution in [1.29, 1.82) is 0 Å². The third-order valence-electron chi connectivity index (χ3n) is 3.75. The SMILES string of the molecule is NC(=O)O[C@H]1CCCN(c2c(N)cnc3ccccc23)C1. The molecule has 21 heavy (non-hydrogen) atoms. The number of anilines is 2.